The van der Waals surface area contributed by atoms with Crippen molar-refractivity contribution >= 4 is 16.5 Å². The number of fused-ring (bicyclic) bond motifs is 1. The van der Waals surface area contributed by atoms with Crippen molar-refractivity contribution in [3.05, 3.63) is 80.6 Å². The number of aliphatic hydroxyl groups is 1. The number of nitrogens with one attached hydrogen (secondary N) is 2. The molecule has 0 spiro atoms. The van der Waals surface area contributed by atoms with Gasteiger partial charge in [-0.25, -0.2) is 23.8 Å². The van der Waals surface area contributed by atoms with Crippen LogP contribution in [0.1, 0.15) is 31.4 Å². The second-order valence-corrected chi connectivity index (χ2v) is 9.92. The van der Waals surface area contributed by atoms with Gasteiger partial charge in [-0.3, -0.25) is 9.59 Å². The molecule has 0 amide bonds. The Labute approximate surface area is 236 Å². The third kappa shape index (κ3) is 6.50. The Morgan fingerprint density at radius 1 is 1.07 bits per heavy atom. The number of aromatic nitrogens is 5. The molecule has 1 aromatic carbocycles. The highest BCUT2D eigenvalue weighted by atomic mass is 19.4. The summed E-state index contributed by atoms with van der Waals surface area (Å²) in [6, 6.07) is 2.44. The van der Waals surface area contributed by atoms with Gasteiger partial charge in [0, 0.05) is 36.6 Å². The first-order valence-electron chi connectivity index (χ1n) is 12.4. The fourth-order valence-electron chi connectivity index (χ4n) is 4.29. The van der Waals surface area contributed by atoms with Crippen molar-refractivity contribution in [2.24, 2.45) is 0 Å². The van der Waals surface area contributed by atoms with Crippen LogP contribution in [0.3, 0.4) is 0 Å². The number of aromatic amines is 1. The van der Waals surface area contributed by atoms with Crippen molar-refractivity contribution in [3.63, 3.8) is 0 Å². The summed E-state index contributed by atoms with van der Waals surface area (Å²) in [5, 5.41) is 17.2. The molecule has 9 nitrogen and oxygen atoms in total. The summed E-state index contributed by atoms with van der Waals surface area (Å²) in [6.07, 6.45) is -8.79. The summed E-state index contributed by atoms with van der Waals surface area (Å²) in [7, 11) is 0. The van der Waals surface area contributed by atoms with Crippen molar-refractivity contribution in [2.45, 2.75) is 57.0 Å². The Bertz CT molecular complexity index is 1750. The number of H-pyrrole nitrogens is 1. The van der Waals surface area contributed by atoms with Crippen molar-refractivity contribution in [1.29, 1.82) is 0 Å². The molecule has 4 aromatic rings. The minimum atomic E-state index is -5.02. The highest BCUT2D eigenvalue weighted by Gasteiger charge is 2.51. The van der Waals surface area contributed by atoms with E-state index in [4.69, 9.17) is 0 Å². The molecule has 0 aliphatic heterocycles. The van der Waals surface area contributed by atoms with E-state index < -0.39 is 70.5 Å². The predicted molar refractivity (Wildman–Crippen MR) is 137 cm³/mol. The molecule has 0 saturated heterocycles. The average Bonchev–Trinajstić information content (AvgIpc) is 2.89. The van der Waals surface area contributed by atoms with Crippen LogP contribution in [0.25, 0.3) is 22.2 Å². The smallest absolute Gasteiger partial charge is 0.381 e. The fourth-order valence-corrected chi connectivity index (χ4v) is 4.29. The number of benzene rings is 1. The minimum absolute atomic E-state index is 0.164. The van der Waals surface area contributed by atoms with E-state index in [-0.39, 0.29) is 28.6 Å². The van der Waals surface area contributed by atoms with Crippen LogP contribution in [0.15, 0.2) is 52.6 Å². The van der Waals surface area contributed by atoms with Crippen molar-refractivity contribution in [1.82, 2.24) is 24.7 Å². The zero-order valence-electron chi connectivity index (χ0n) is 22.2. The van der Waals surface area contributed by atoms with Crippen LogP contribution in [0.2, 0.25) is 0 Å². The molecule has 3 aromatic heterocycles. The monoisotopic (exact) mass is 618 g/mol. The molecule has 0 aliphatic carbocycles. The maximum Gasteiger partial charge on any atom is 0.423 e. The first-order valence-corrected chi connectivity index (χ1v) is 12.4. The number of halogens is 8. The molecule has 4 rings (SSSR count). The average molecular weight is 618 g/mol. The molecule has 0 saturated carbocycles. The zero-order chi connectivity index (χ0) is 31.9. The molecule has 0 aliphatic rings. The van der Waals surface area contributed by atoms with E-state index in [2.05, 4.69) is 20.4 Å². The molecular weight excluding hydrogens is 596 g/mol. The summed E-state index contributed by atoms with van der Waals surface area (Å²) in [5.41, 5.74) is -8.60. The predicted octanol–water partition coefficient (Wildman–Crippen LogP) is 4.70. The summed E-state index contributed by atoms with van der Waals surface area (Å²) < 4.78 is 110. The van der Waals surface area contributed by atoms with E-state index in [1.165, 1.54) is 25.3 Å². The third-order valence-corrected chi connectivity index (χ3v) is 6.62. The van der Waals surface area contributed by atoms with E-state index in [9.17, 15) is 49.8 Å². The van der Waals surface area contributed by atoms with E-state index in [1.54, 1.807) is 5.10 Å². The Morgan fingerprint density at radius 2 is 1.72 bits per heavy atom. The number of hydrogen-bond donors (Lipinski definition) is 3. The summed E-state index contributed by atoms with van der Waals surface area (Å²) >= 11 is 0. The lowest BCUT2D eigenvalue weighted by molar-refractivity contribution is -0.259. The Balaban J connectivity index is 1.52. The van der Waals surface area contributed by atoms with E-state index >= 15 is 0 Å². The number of nitrogens with zero attached hydrogens (tertiary/aromatic N) is 4. The van der Waals surface area contributed by atoms with Crippen LogP contribution >= 0.6 is 0 Å². The van der Waals surface area contributed by atoms with Crippen molar-refractivity contribution in [2.75, 3.05) is 5.32 Å². The Morgan fingerprint density at radius 3 is 2.33 bits per heavy atom. The lowest BCUT2D eigenvalue weighted by Gasteiger charge is -2.25. The highest BCUT2D eigenvalue weighted by Crippen LogP contribution is 2.38. The summed E-state index contributed by atoms with van der Waals surface area (Å²) in [6.45, 7) is 1.35. The first kappa shape index (κ1) is 31.5. The molecule has 0 bridgehead atoms. The van der Waals surface area contributed by atoms with Gasteiger partial charge >= 0.3 is 12.4 Å². The second kappa shape index (κ2) is 11.3. The van der Waals surface area contributed by atoms with Gasteiger partial charge < -0.3 is 15.0 Å². The number of anilines is 1. The van der Waals surface area contributed by atoms with Crippen LogP contribution in [-0.4, -0.2) is 48.2 Å². The van der Waals surface area contributed by atoms with Crippen molar-refractivity contribution in [3.8, 4) is 11.4 Å². The largest absolute Gasteiger partial charge is 0.423 e. The zero-order valence-corrected chi connectivity index (χ0v) is 22.2. The quantitative estimate of drug-likeness (QED) is 0.245. The SMILES string of the molecule is CC(CC(F)Cn1ccc2cc(-c3ncc(C(C)(O)C(F)(F)F)cn3)c(F)cc2c1=O)Nc1cn[nH]c(=O)c1C(F)(F)F. The Kier molecular flexibility index (Phi) is 8.32. The number of pyridine rings is 1. The van der Waals surface area contributed by atoms with Crippen LogP contribution in [0, 0.1) is 5.82 Å². The van der Waals surface area contributed by atoms with E-state index in [0.29, 0.717) is 19.3 Å². The van der Waals surface area contributed by atoms with Gasteiger partial charge in [-0.15, -0.1) is 0 Å². The number of alkyl halides is 7. The van der Waals surface area contributed by atoms with Gasteiger partial charge in [-0.05, 0) is 37.4 Å². The number of rotatable bonds is 8. The normalized spacial score (nSPS) is 15.2. The molecular formula is C26H22F8N6O3. The molecule has 3 heterocycles. The van der Waals surface area contributed by atoms with Gasteiger partial charge in [-0.2, -0.15) is 31.4 Å². The topological polar surface area (TPSA) is 126 Å². The van der Waals surface area contributed by atoms with E-state index in [1.807, 2.05) is 0 Å². The molecule has 3 atom stereocenters. The van der Waals surface area contributed by atoms with Crippen LogP contribution < -0.4 is 16.4 Å². The van der Waals surface area contributed by atoms with Gasteiger partial charge in [0.05, 0.1) is 29.4 Å². The molecule has 43 heavy (non-hydrogen) atoms. The first-order chi connectivity index (χ1) is 19.9. The summed E-state index contributed by atoms with van der Waals surface area (Å²) in [4.78, 5) is 32.0. The fraction of sp³-hybridized carbons (Fsp3) is 0.346. The molecule has 230 valence electrons. The Hall–Kier alpha value is -4.41. The maximum absolute atomic E-state index is 15.0. The second-order valence-electron chi connectivity index (χ2n) is 9.92. The van der Waals surface area contributed by atoms with Crippen molar-refractivity contribution < 1.29 is 40.2 Å². The molecule has 0 fully saturated rings. The maximum atomic E-state index is 15.0. The van der Waals surface area contributed by atoms with Gasteiger partial charge in [0.1, 0.15) is 17.6 Å². The minimum Gasteiger partial charge on any atom is -0.381 e. The van der Waals surface area contributed by atoms with Crippen LogP contribution in [-0.2, 0) is 18.3 Å². The van der Waals surface area contributed by atoms with Crippen LogP contribution in [0.4, 0.5) is 40.8 Å². The van der Waals surface area contributed by atoms with Gasteiger partial charge in [0.15, 0.2) is 11.4 Å². The lowest BCUT2D eigenvalue weighted by atomic mass is 9.98. The molecule has 17 heteroatoms. The summed E-state index contributed by atoms with van der Waals surface area (Å²) in [5.74, 6) is -1.32. The van der Waals surface area contributed by atoms with Gasteiger partial charge in [0.25, 0.3) is 11.1 Å². The van der Waals surface area contributed by atoms with Gasteiger partial charge in [0.2, 0.25) is 0 Å². The standard InChI is InChI=1S/C26H22F8N6O3/c1-12(38-19-10-37-39-22(41)20(19)25(29,30)31)5-15(27)11-40-4-3-13-6-17(18(28)7-16(13)23(40)42)21-35-8-14(9-36-21)24(2,43)26(32,33)34/h3-4,6-10,12,15,43H,5,11H2,1-2H3,(H2,38,39,41). The molecule has 3 N–H and O–H groups in total. The van der Waals surface area contributed by atoms with E-state index in [0.717, 1.165) is 16.8 Å². The third-order valence-electron chi connectivity index (χ3n) is 6.62. The number of hydrogen-bond acceptors (Lipinski definition) is 7. The highest BCUT2D eigenvalue weighted by molar-refractivity contribution is 5.86. The van der Waals surface area contributed by atoms with Gasteiger partial charge in [-0.1, -0.05) is 0 Å². The molecule has 3 unspecified atom stereocenters. The van der Waals surface area contributed by atoms with Crippen LogP contribution in [0.5, 0.6) is 0 Å². The lowest BCUT2D eigenvalue weighted by Crippen LogP contribution is -2.39. The molecule has 0 radical (unpaired) electrons.